The molecule has 0 atom stereocenters. The highest BCUT2D eigenvalue weighted by Gasteiger charge is 2.22. The average Bonchev–Trinajstić information content (AvgIpc) is 2.97. The molecule has 0 aliphatic heterocycles. The minimum atomic E-state index is -0.0487. The Balaban J connectivity index is 0.00000243. The first-order valence-corrected chi connectivity index (χ1v) is 10.1. The van der Waals surface area contributed by atoms with Crippen molar-refractivity contribution in [1.82, 2.24) is 9.88 Å². The lowest BCUT2D eigenvalue weighted by atomic mass is 10.2. The number of likely N-dealkylation sites (N-methyl/N-ethyl adjacent to an activating group) is 1. The van der Waals surface area contributed by atoms with Crippen LogP contribution in [-0.2, 0) is 0 Å². The normalized spacial score (nSPS) is 10.8. The van der Waals surface area contributed by atoms with Crippen LogP contribution in [0, 0.1) is 0 Å². The van der Waals surface area contributed by atoms with E-state index in [-0.39, 0.29) is 18.3 Å². The number of benzene rings is 2. The SMILES string of the molecule is CN(C)CCN(C(=O)c1ccccc1Br)c1nc2ccc(Br)cc2s1.Cl. The second kappa shape index (κ2) is 9.28. The summed E-state index contributed by atoms with van der Waals surface area (Å²) in [4.78, 5) is 21.7. The zero-order valence-corrected chi connectivity index (χ0v) is 19.1. The number of hydrogen-bond donors (Lipinski definition) is 0. The van der Waals surface area contributed by atoms with Crippen LogP contribution < -0.4 is 4.90 Å². The minimum Gasteiger partial charge on any atom is -0.308 e. The van der Waals surface area contributed by atoms with Crippen LogP contribution in [-0.4, -0.2) is 43.0 Å². The first-order chi connectivity index (χ1) is 12.0. The summed E-state index contributed by atoms with van der Waals surface area (Å²) >= 11 is 8.50. The lowest BCUT2D eigenvalue weighted by Crippen LogP contribution is -2.36. The topological polar surface area (TPSA) is 36.4 Å². The van der Waals surface area contributed by atoms with Gasteiger partial charge in [-0.05, 0) is 60.4 Å². The fourth-order valence-corrected chi connectivity index (χ4v) is 4.36. The van der Waals surface area contributed by atoms with Crippen LogP contribution in [0.2, 0.25) is 0 Å². The second-order valence-electron chi connectivity index (χ2n) is 5.85. The zero-order chi connectivity index (χ0) is 18.0. The van der Waals surface area contributed by atoms with E-state index in [0.717, 1.165) is 30.8 Å². The van der Waals surface area contributed by atoms with Crippen LogP contribution in [0.5, 0.6) is 0 Å². The van der Waals surface area contributed by atoms with Gasteiger partial charge in [0.2, 0.25) is 0 Å². The molecule has 26 heavy (non-hydrogen) atoms. The standard InChI is InChI=1S/C18H17Br2N3OS.ClH/c1-22(2)9-10-23(17(24)13-5-3-4-6-14(13)20)18-21-15-8-7-12(19)11-16(15)25-18;/h3-8,11H,9-10H2,1-2H3;1H. The molecule has 8 heteroatoms. The lowest BCUT2D eigenvalue weighted by molar-refractivity contribution is 0.0984. The van der Waals surface area contributed by atoms with Crippen molar-refractivity contribution < 1.29 is 4.79 Å². The summed E-state index contributed by atoms with van der Waals surface area (Å²) in [7, 11) is 3.99. The van der Waals surface area contributed by atoms with Gasteiger partial charge in [-0.1, -0.05) is 39.4 Å². The van der Waals surface area contributed by atoms with E-state index in [1.54, 1.807) is 4.90 Å². The van der Waals surface area contributed by atoms with Crippen LogP contribution in [0.1, 0.15) is 10.4 Å². The molecule has 0 bridgehead atoms. The summed E-state index contributed by atoms with van der Waals surface area (Å²) in [6.07, 6.45) is 0. The molecule has 2 aromatic carbocycles. The molecule has 1 heterocycles. The Labute approximate surface area is 179 Å². The fourth-order valence-electron chi connectivity index (χ4n) is 2.37. The summed E-state index contributed by atoms with van der Waals surface area (Å²) in [6.45, 7) is 1.34. The number of hydrogen-bond acceptors (Lipinski definition) is 4. The summed E-state index contributed by atoms with van der Waals surface area (Å²) in [5.74, 6) is -0.0487. The third-order valence-corrected chi connectivity index (χ3v) is 5.92. The summed E-state index contributed by atoms with van der Waals surface area (Å²) in [5.41, 5.74) is 1.54. The monoisotopic (exact) mass is 517 g/mol. The number of carbonyl (C=O) groups is 1. The Morgan fingerprint density at radius 3 is 2.54 bits per heavy atom. The van der Waals surface area contributed by atoms with Crippen molar-refractivity contribution in [3.8, 4) is 0 Å². The van der Waals surface area contributed by atoms with Gasteiger partial charge in [-0.15, -0.1) is 12.4 Å². The van der Waals surface area contributed by atoms with Crippen molar-refractivity contribution in [1.29, 1.82) is 0 Å². The first-order valence-electron chi connectivity index (χ1n) is 7.73. The molecule has 0 aliphatic carbocycles. The quantitative estimate of drug-likeness (QED) is 0.450. The maximum atomic E-state index is 13.2. The Hall–Kier alpha value is -0.990. The smallest absolute Gasteiger partial charge is 0.261 e. The van der Waals surface area contributed by atoms with E-state index in [4.69, 9.17) is 0 Å². The molecule has 0 saturated heterocycles. The molecule has 0 aliphatic rings. The molecule has 3 aromatic rings. The highest BCUT2D eigenvalue weighted by atomic mass is 79.9. The maximum absolute atomic E-state index is 13.2. The number of thiazole rings is 1. The lowest BCUT2D eigenvalue weighted by Gasteiger charge is -2.22. The number of nitrogens with zero attached hydrogens (tertiary/aromatic N) is 3. The third-order valence-electron chi connectivity index (χ3n) is 3.69. The van der Waals surface area contributed by atoms with E-state index < -0.39 is 0 Å². The van der Waals surface area contributed by atoms with Gasteiger partial charge in [-0.25, -0.2) is 4.98 Å². The van der Waals surface area contributed by atoms with Gasteiger partial charge in [0.05, 0.1) is 15.8 Å². The van der Waals surface area contributed by atoms with Crippen LogP contribution in [0.15, 0.2) is 51.4 Å². The number of fused-ring (bicyclic) bond motifs is 1. The molecule has 0 N–H and O–H groups in total. The van der Waals surface area contributed by atoms with Crippen molar-refractivity contribution in [2.45, 2.75) is 0 Å². The van der Waals surface area contributed by atoms with E-state index in [1.165, 1.54) is 11.3 Å². The van der Waals surface area contributed by atoms with Crippen LogP contribution in [0.3, 0.4) is 0 Å². The number of anilines is 1. The molecule has 138 valence electrons. The molecular weight excluding hydrogens is 502 g/mol. The summed E-state index contributed by atoms with van der Waals surface area (Å²) in [5, 5.41) is 0.718. The van der Waals surface area contributed by atoms with Gasteiger partial charge >= 0.3 is 0 Å². The van der Waals surface area contributed by atoms with Crippen molar-refractivity contribution >= 4 is 76.9 Å². The number of carbonyl (C=O) groups excluding carboxylic acids is 1. The molecule has 0 saturated carbocycles. The molecule has 1 amide bonds. The van der Waals surface area contributed by atoms with Gasteiger partial charge in [0.15, 0.2) is 5.13 Å². The molecular formula is C18H18Br2ClN3OS. The van der Waals surface area contributed by atoms with Crippen LogP contribution >= 0.6 is 55.6 Å². The van der Waals surface area contributed by atoms with Crippen molar-refractivity contribution in [2.24, 2.45) is 0 Å². The highest BCUT2D eigenvalue weighted by Crippen LogP contribution is 2.32. The summed E-state index contributed by atoms with van der Waals surface area (Å²) < 4.78 is 2.85. The minimum absolute atomic E-state index is 0. The van der Waals surface area contributed by atoms with Gasteiger partial charge in [-0.2, -0.15) is 0 Å². The molecule has 0 unspecified atom stereocenters. The third kappa shape index (κ3) is 4.84. The first kappa shape index (κ1) is 21.3. The maximum Gasteiger partial charge on any atom is 0.261 e. The Kier molecular flexibility index (Phi) is 7.61. The molecule has 3 rings (SSSR count). The van der Waals surface area contributed by atoms with Crippen LogP contribution in [0.4, 0.5) is 5.13 Å². The highest BCUT2D eigenvalue weighted by molar-refractivity contribution is 9.10. The fraction of sp³-hybridized carbons (Fsp3) is 0.222. The molecule has 0 spiro atoms. The Bertz CT molecular complexity index is 916. The second-order valence-corrected chi connectivity index (χ2v) is 8.63. The molecule has 4 nitrogen and oxygen atoms in total. The van der Waals surface area contributed by atoms with E-state index >= 15 is 0 Å². The summed E-state index contributed by atoms with van der Waals surface area (Å²) in [6, 6.07) is 13.4. The van der Waals surface area contributed by atoms with E-state index in [2.05, 4.69) is 41.7 Å². The van der Waals surface area contributed by atoms with Gasteiger partial charge in [0.1, 0.15) is 0 Å². The Morgan fingerprint density at radius 2 is 1.85 bits per heavy atom. The molecule has 0 radical (unpaired) electrons. The molecule has 0 fully saturated rings. The van der Waals surface area contributed by atoms with E-state index in [0.29, 0.717) is 12.1 Å². The van der Waals surface area contributed by atoms with Crippen molar-refractivity contribution in [3.05, 3.63) is 57.0 Å². The van der Waals surface area contributed by atoms with Gasteiger partial charge in [0, 0.05) is 22.0 Å². The number of rotatable bonds is 5. The largest absolute Gasteiger partial charge is 0.308 e. The predicted molar refractivity (Wildman–Crippen MR) is 119 cm³/mol. The van der Waals surface area contributed by atoms with Crippen molar-refractivity contribution in [3.63, 3.8) is 0 Å². The van der Waals surface area contributed by atoms with Gasteiger partial charge in [-0.3, -0.25) is 9.69 Å². The van der Waals surface area contributed by atoms with Gasteiger partial charge in [0.25, 0.3) is 5.91 Å². The van der Waals surface area contributed by atoms with E-state index in [9.17, 15) is 4.79 Å². The zero-order valence-electron chi connectivity index (χ0n) is 14.3. The average molecular weight is 520 g/mol. The number of halogens is 3. The van der Waals surface area contributed by atoms with Gasteiger partial charge < -0.3 is 4.90 Å². The van der Waals surface area contributed by atoms with Crippen molar-refractivity contribution in [2.75, 3.05) is 32.1 Å². The van der Waals surface area contributed by atoms with Crippen LogP contribution in [0.25, 0.3) is 10.2 Å². The molecule has 1 aromatic heterocycles. The predicted octanol–water partition coefficient (Wildman–Crippen LogP) is 5.45. The number of aromatic nitrogens is 1. The Morgan fingerprint density at radius 1 is 1.12 bits per heavy atom. The number of amides is 1. The van der Waals surface area contributed by atoms with E-state index in [1.807, 2.05) is 56.6 Å².